The minimum Gasteiger partial charge on any atom is -0.330 e. The molecule has 0 spiro atoms. The highest BCUT2D eigenvalue weighted by atomic mass is 15.4. The van der Waals surface area contributed by atoms with E-state index in [0.717, 1.165) is 25.8 Å². The minimum absolute atomic E-state index is 0.714. The van der Waals surface area contributed by atoms with Gasteiger partial charge in [-0.2, -0.15) is 0 Å². The number of hydrogen-bond acceptors (Lipinski definition) is 3. The van der Waals surface area contributed by atoms with Crippen LogP contribution in [0.2, 0.25) is 0 Å². The normalized spacial score (nSPS) is 10.5. The lowest BCUT2D eigenvalue weighted by atomic mass is 10.2. The van der Waals surface area contributed by atoms with Crippen LogP contribution in [-0.2, 0) is 13.0 Å². The Labute approximate surface area is 72.8 Å². The van der Waals surface area contributed by atoms with Crippen molar-refractivity contribution in [2.45, 2.75) is 32.7 Å². The van der Waals surface area contributed by atoms with Crippen LogP contribution < -0.4 is 5.73 Å². The van der Waals surface area contributed by atoms with Gasteiger partial charge < -0.3 is 5.73 Å². The Kier molecular flexibility index (Phi) is 3.73. The lowest BCUT2D eigenvalue weighted by Gasteiger charge is -2.02. The highest BCUT2D eigenvalue weighted by Crippen LogP contribution is 2.00. The molecule has 1 heterocycles. The van der Waals surface area contributed by atoms with Gasteiger partial charge in [0.15, 0.2) is 0 Å². The zero-order valence-electron chi connectivity index (χ0n) is 7.53. The molecule has 0 radical (unpaired) electrons. The van der Waals surface area contributed by atoms with E-state index in [1.807, 2.05) is 10.9 Å². The number of aromatic nitrogens is 3. The van der Waals surface area contributed by atoms with Gasteiger partial charge in [-0.1, -0.05) is 18.6 Å². The van der Waals surface area contributed by atoms with Crippen LogP contribution in [-0.4, -0.2) is 21.5 Å². The molecule has 0 aromatic carbocycles. The smallest absolute Gasteiger partial charge is 0.0725 e. The van der Waals surface area contributed by atoms with Gasteiger partial charge in [-0.15, -0.1) is 5.10 Å². The largest absolute Gasteiger partial charge is 0.330 e. The SMILES string of the molecule is CCCc1cnnn1CCCN. The van der Waals surface area contributed by atoms with Crippen LogP contribution in [0.4, 0.5) is 0 Å². The molecule has 0 aliphatic rings. The average molecular weight is 168 g/mol. The molecule has 0 saturated heterocycles. The van der Waals surface area contributed by atoms with E-state index in [4.69, 9.17) is 5.73 Å². The van der Waals surface area contributed by atoms with Gasteiger partial charge in [0.05, 0.1) is 11.9 Å². The summed E-state index contributed by atoms with van der Waals surface area (Å²) in [6.07, 6.45) is 4.99. The van der Waals surface area contributed by atoms with E-state index < -0.39 is 0 Å². The van der Waals surface area contributed by atoms with Crippen molar-refractivity contribution in [2.75, 3.05) is 6.54 Å². The lowest BCUT2D eigenvalue weighted by molar-refractivity contribution is 0.540. The van der Waals surface area contributed by atoms with Crippen molar-refractivity contribution in [1.29, 1.82) is 0 Å². The first kappa shape index (κ1) is 9.19. The first-order valence-corrected chi connectivity index (χ1v) is 4.46. The third kappa shape index (κ3) is 2.30. The molecule has 0 bridgehead atoms. The Balaban J connectivity index is 2.51. The molecule has 4 nitrogen and oxygen atoms in total. The Bertz CT molecular complexity index is 219. The summed E-state index contributed by atoms with van der Waals surface area (Å²) in [5.41, 5.74) is 6.62. The van der Waals surface area contributed by atoms with Crippen molar-refractivity contribution >= 4 is 0 Å². The summed E-state index contributed by atoms with van der Waals surface area (Å²) in [6.45, 7) is 3.76. The van der Waals surface area contributed by atoms with Crippen molar-refractivity contribution in [3.05, 3.63) is 11.9 Å². The number of aryl methyl sites for hydroxylation is 2. The van der Waals surface area contributed by atoms with Crippen LogP contribution >= 0.6 is 0 Å². The van der Waals surface area contributed by atoms with Crippen LogP contribution in [0.1, 0.15) is 25.5 Å². The fourth-order valence-corrected chi connectivity index (χ4v) is 1.16. The Hall–Kier alpha value is -0.900. The predicted molar refractivity (Wildman–Crippen MR) is 47.7 cm³/mol. The van der Waals surface area contributed by atoms with Gasteiger partial charge >= 0.3 is 0 Å². The van der Waals surface area contributed by atoms with Crippen molar-refractivity contribution in [3.63, 3.8) is 0 Å². The fourth-order valence-electron chi connectivity index (χ4n) is 1.16. The molecule has 0 saturated carbocycles. The summed E-state index contributed by atoms with van der Waals surface area (Å²) in [5, 5.41) is 7.85. The molecular formula is C8H16N4. The summed E-state index contributed by atoms with van der Waals surface area (Å²) in [7, 11) is 0. The second-order valence-corrected chi connectivity index (χ2v) is 2.84. The third-order valence-corrected chi connectivity index (χ3v) is 1.78. The molecule has 0 amide bonds. The molecule has 2 N–H and O–H groups in total. The molecule has 0 fully saturated rings. The molecule has 1 aromatic rings. The van der Waals surface area contributed by atoms with Gasteiger partial charge in [0.1, 0.15) is 0 Å². The van der Waals surface area contributed by atoms with Crippen molar-refractivity contribution < 1.29 is 0 Å². The van der Waals surface area contributed by atoms with Crippen LogP contribution in [0.5, 0.6) is 0 Å². The van der Waals surface area contributed by atoms with Crippen molar-refractivity contribution in [3.8, 4) is 0 Å². The molecule has 1 rings (SSSR count). The summed E-state index contributed by atoms with van der Waals surface area (Å²) >= 11 is 0. The zero-order valence-corrected chi connectivity index (χ0v) is 7.53. The molecule has 12 heavy (non-hydrogen) atoms. The van der Waals surface area contributed by atoms with Crippen molar-refractivity contribution in [1.82, 2.24) is 15.0 Å². The number of nitrogens with two attached hydrogens (primary N) is 1. The van der Waals surface area contributed by atoms with Gasteiger partial charge in [-0.05, 0) is 19.4 Å². The van der Waals surface area contributed by atoms with E-state index in [1.165, 1.54) is 5.69 Å². The van der Waals surface area contributed by atoms with E-state index in [9.17, 15) is 0 Å². The summed E-state index contributed by atoms with van der Waals surface area (Å²) in [6, 6.07) is 0. The van der Waals surface area contributed by atoms with E-state index in [0.29, 0.717) is 6.54 Å². The Morgan fingerprint density at radius 1 is 1.58 bits per heavy atom. The molecular weight excluding hydrogens is 152 g/mol. The molecule has 1 aromatic heterocycles. The predicted octanol–water partition coefficient (Wildman–Crippen LogP) is 0.579. The van der Waals surface area contributed by atoms with E-state index >= 15 is 0 Å². The minimum atomic E-state index is 0.714. The quantitative estimate of drug-likeness (QED) is 0.699. The van der Waals surface area contributed by atoms with Crippen LogP contribution in [0.15, 0.2) is 6.20 Å². The molecule has 68 valence electrons. The second kappa shape index (κ2) is 4.87. The fraction of sp³-hybridized carbons (Fsp3) is 0.750. The highest BCUT2D eigenvalue weighted by molar-refractivity contribution is 4.93. The number of hydrogen-bond donors (Lipinski definition) is 1. The second-order valence-electron chi connectivity index (χ2n) is 2.84. The first-order valence-electron chi connectivity index (χ1n) is 4.46. The lowest BCUT2D eigenvalue weighted by Crippen LogP contribution is -2.09. The highest BCUT2D eigenvalue weighted by Gasteiger charge is 2.00. The van der Waals surface area contributed by atoms with Crippen LogP contribution in [0, 0.1) is 0 Å². The maximum absolute atomic E-state index is 5.41. The molecule has 0 aliphatic carbocycles. The number of rotatable bonds is 5. The zero-order chi connectivity index (χ0) is 8.81. The average Bonchev–Trinajstić information content (AvgIpc) is 2.50. The molecule has 0 atom stereocenters. The van der Waals surface area contributed by atoms with E-state index in [1.54, 1.807) is 0 Å². The maximum atomic E-state index is 5.41. The maximum Gasteiger partial charge on any atom is 0.0725 e. The topological polar surface area (TPSA) is 56.7 Å². The van der Waals surface area contributed by atoms with Crippen molar-refractivity contribution in [2.24, 2.45) is 5.73 Å². The molecule has 4 heteroatoms. The standard InChI is InChI=1S/C8H16N4/c1-2-4-8-7-10-11-12(8)6-3-5-9/h7H,2-6,9H2,1H3. The monoisotopic (exact) mass is 168 g/mol. The van der Waals surface area contributed by atoms with Gasteiger partial charge in [-0.3, -0.25) is 0 Å². The Morgan fingerprint density at radius 2 is 2.42 bits per heavy atom. The molecule has 0 aliphatic heterocycles. The van der Waals surface area contributed by atoms with E-state index in [2.05, 4.69) is 17.2 Å². The third-order valence-electron chi connectivity index (χ3n) is 1.78. The van der Waals surface area contributed by atoms with Gasteiger partial charge in [0.25, 0.3) is 0 Å². The van der Waals surface area contributed by atoms with E-state index in [-0.39, 0.29) is 0 Å². The Morgan fingerprint density at radius 3 is 3.08 bits per heavy atom. The van der Waals surface area contributed by atoms with Gasteiger partial charge in [0, 0.05) is 6.54 Å². The van der Waals surface area contributed by atoms with Gasteiger partial charge in [0.2, 0.25) is 0 Å². The molecule has 0 unspecified atom stereocenters. The first-order chi connectivity index (χ1) is 5.88. The van der Waals surface area contributed by atoms with Gasteiger partial charge in [-0.25, -0.2) is 4.68 Å². The summed E-state index contributed by atoms with van der Waals surface area (Å²) in [4.78, 5) is 0. The summed E-state index contributed by atoms with van der Waals surface area (Å²) < 4.78 is 1.94. The van der Waals surface area contributed by atoms with Crippen LogP contribution in [0.25, 0.3) is 0 Å². The number of nitrogens with zero attached hydrogens (tertiary/aromatic N) is 3. The van der Waals surface area contributed by atoms with Crippen LogP contribution in [0.3, 0.4) is 0 Å². The summed E-state index contributed by atoms with van der Waals surface area (Å²) in [5.74, 6) is 0.